The molecule has 1 saturated heterocycles. The van der Waals surface area contributed by atoms with Crippen LogP contribution in [-0.4, -0.2) is 21.4 Å². The van der Waals surface area contributed by atoms with Crippen LogP contribution in [0.25, 0.3) is 0 Å². The van der Waals surface area contributed by atoms with E-state index in [0.717, 1.165) is 17.4 Å². The van der Waals surface area contributed by atoms with Gasteiger partial charge in [0.25, 0.3) is 0 Å². The van der Waals surface area contributed by atoms with Crippen molar-refractivity contribution in [2.45, 2.75) is 51.1 Å². The van der Waals surface area contributed by atoms with E-state index < -0.39 is 0 Å². The number of aryl methyl sites for hydroxylation is 1. The van der Waals surface area contributed by atoms with Crippen LogP contribution in [0.2, 0.25) is 0 Å². The predicted octanol–water partition coefficient (Wildman–Crippen LogP) is 3.29. The Balaban J connectivity index is 1.61. The van der Waals surface area contributed by atoms with Gasteiger partial charge in [-0.05, 0) is 31.4 Å². The number of hydrogen-bond donors (Lipinski definition) is 1. The van der Waals surface area contributed by atoms with Crippen LogP contribution in [0.4, 0.5) is 0 Å². The van der Waals surface area contributed by atoms with Crippen molar-refractivity contribution >= 4 is 16.9 Å². The highest BCUT2D eigenvalue weighted by Gasteiger charge is 2.37. The van der Waals surface area contributed by atoms with Crippen LogP contribution in [0.1, 0.15) is 43.4 Å². The van der Waals surface area contributed by atoms with Gasteiger partial charge in [-0.25, -0.2) is 0 Å². The van der Waals surface area contributed by atoms with Gasteiger partial charge in [0.15, 0.2) is 5.17 Å². The molecule has 0 unspecified atom stereocenters. The largest absolute Gasteiger partial charge is 0.359 e. The Kier molecular flexibility index (Phi) is 3.78. The number of aromatic nitrogens is 1. The first-order valence-corrected chi connectivity index (χ1v) is 8.11. The zero-order valence-corrected chi connectivity index (χ0v) is 12.3. The fraction of sp³-hybridized carbons (Fsp3) is 0.600. The fourth-order valence-electron chi connectivity index (χ4n) is 2.84. The Morgan fingerprint density at radius 3 is 2.89 bits per heavy atom. The maximum absolute atomic E-state index is 4.70. The minimum absolute atomic E-state index is 0.354. The summed E-state index contributed by atoms with van der Waals surface area (Å²) in [6.07, 6.45) is 8.67. The lowest BCUT2D eigenvalue weighted by Crippen LogP contribution is -2.45. The highest BCUT2D eigenvalue weighted by Crippen LogP contribution is 2.36. The van der Waals surface area contributed by atoms with Crippen LogP contribution in [0.3, 0.4) is 0 Å². The first-order valence-electron chi connectivity index (χ1n) is 7.13. The molecule has 1 aliphatic heterocycles. The third-order valence-electron chi connectivity index (χ3n) is 4.05. The highest BCUT2D eigenvalue weighted by atomic mass is 32.2. The summed E-state index contributed by atoms with van der Waals surface area (Å²) in [7, 11) is 0. The summed E-state index contributed by atoms with van der Waals surface area (Å²) in [6.45, 7) is 2.75. The molecule has 1 spiro atoms. The lowest BCUT2D eigenvalue weighted by Gasteiger charge is -2.32. The van der Waals surface area contributed by atoms with Gasteiger partial charge in [0, 0.05) is 23.2 Å². The quantitative estimate of drug-likeness (QED) is 0.900. The molecular formula is C15H21N3S. The average molecular weight is 275 g/mol. The zero-order valence-electron chi connectivity index (χ0n) is 11.5. The van der Waals surface area contributed by atoms with Crippen LogP contribution in [0.5, 0.6) is 0 Å². The van der Waals surface area contributed by atoms with E-state index in [4.69, 9.17) is 4.99 Å². The minimum Gasteiger partial charge on any atom is -0.359 e. The predicted molar refractivity (Wildman–Crippen MR) is 81.5 cm³/mol. The minimum atomic E-state index is 0.354. The molecule has 3 rings (SSSR count). The van der Waals surface area contributed by atoms with E-state index in [2.05, 4.69) is 16.4 Å². The molecule has 4 heteroatoms. The van der Waals surface area contributed by atoms with Crippen molar-refractivity contribution in [3.8, 4) is 0 Å². The zero-order chi connectivity index (χ0) is 13.1. The second-order valence-corrected chi connectivity index (χ2v) is 6.65. The molecule has 0 atom stereocenters. The molecule has 3 nitrogen and oxygen atoms in total. The molecule has 2 fully saturated rings. The van der Waals surface area contributed by atoms with E-state index in [0.29, 0.717) is 5.54 Å². The maximum atomic E-state index is 4.70. The molecule has 0 amide bonds. The summed E-state index contributed by atoms with van der Waals surface area (Å²) >= 11 is 1.89. The molecule has 1 aliphatic carbocycles. The first-order chi connectivity index (χ1) is 9.26. The topological polar surface area (TPSA) is 37.3 Å². The van der Waals surface area contributed by atoms with Gasteiger partial charge in [0.1, 0.15) is 0 Å². The van der Waals surface area contributed by atoms with E-state index in [1.165, 1.54) is 43.4 Å². The van der Waals surface area contributed by atoms with Crippen LogP contribution in [0, 0.1) is 6.92 Å². The molecule has 1 N–H and O–H groups in total. The Morgan fingerprint density at radius 1 is 1.32 bits per heavy atom. The van der Waals surface area contributed by atoms with Crippen molar-refractivity contribution in [3.63, 3.8) is 0 Å². The van der Waals surface area contributed by atoms with Gasteiger partial charge >= 0.3 is 0 Å². The van der Waals surface area contributed by atoms with Crippen LogP contribution < -0.4 is 5.32 Å². The molecule has 1 aromatic rings. The molecule has 2 aliphatic rings. The van der Waals surface area contributed by atoms with Crippen molar-refractivity contribution in [2.75, 3.05) is 5.75 Å². The molecule has 0 radical (unpaired) electrons. The van der Waals surface area contributed by atoms with Crippen molar-refractivity contribution in [1.82, 2.24) is 10.3 Å². The number of aliphatic imine (C=N–C) groups is 1. The van der Waals surface area contributed by atoms with Gasteiger partial charge in [-0.1, -0.05) is 37.1 Å². The summed E-state index contributed by atoms with van der Waals surface area (Å²) in [6, 6.07) is 4.16. The Morgan fingerprint density at radius 2 is 2.16 bits per heavy atom. The summed E-state index contributed by atoms with van der Waals surface area (Å²) in [4.78, 5) is 9.01. The summed E-state index contributed by atoms with van der Waals surface area (Å²) < 4.78 is 0. The normalized spacial score (nSPS) is 23.7. The lowest BCUT2D eigenvalue weighted by atomic mass is 9.83. The van der Waals surface area contributed by atoms with Crippen molar-refractivity contribution in [1.29, 1.82) is 0 Å². The molecule has 102 valence electrons. The van der Waals surface area contributed by atoms with E-state index in [1.54, 1.807) is 0 Å². The average Bonchev–Trinajstić information content (AvgIpc) is 2.82. The monoisotopic (exact) mass is 275 g/mol. The third-order valence-corrected chi connectivity index (χ3v) is 5.25. The summed E-state index contributed by atoms with van der Waals surface area (Å²) in [5.41, 5.74) is 2.60. The Hall–Kier alpha value is -1.03. The van der Waals surface area contributed by atoms with E-state index in [-0.39, 0.29) is 0 Å². The molecular weight excluding hydrogens is 254 g/mol. The van der Waals surface area contributed by atoms with Gasteiger partial charge in [0.2, 0.25) is 0 Å². The molecule has 1 aromatic heterocycles. The van der Waals surface area contributed by atoms with Crippen molar-refractivity contribution in [3.05, 3.63) is 29.6 Å². The number of amidine groups is 1. The number of thioether (sulfide) groups is 1. The molecule has 0 bridgehead atoms. The van der Waals surface area contributed by atoms with Crippen LogP contribution in [0.15, 0.2) is 23.3 Å². The van der Waals surface area contributed by atoms with Gasteiger partial charge in [-0.15, -0.1) is 0 Å². The molecule has 0 aromatic carbocycles. The van der Waals surface area contributed by atoms with Crippen LogP contribution in [-0.2, 0) is 6.54 Å². The third kappa shape index (κ3) is 3.11. The standard InChI is InChI=1S/C15H21N3S/c1-12-5-6-13(9-16-12)10-17-14-18-15(11-19-14)7-3-2-4-8-15/h5-6,9H,2-4,7-8,10-11H2,1H3,(H,17,18). The van der Waals surface area contributed by atoms with Crippen LogP contribution >= 0.6 is 11.8 Å². The van der Waals surface area contributed by atoms with Crippen molar-refractivity contribution in [2.24, 2.45) is 4.99 Å². The summed E-state index contributed by atoms with van der Waals surface area (Å²) in [5, 5.41) is 4.81. The smallest absolute Gasteiger partial charge is 0.157 e. The van der Waals surface area contributed by atoms with Gasteiger partial charge in [-0.3, -0.25) is 9.98 Å². The number of pyridine rings is 1. The van der Waals surface area contributed by atoms with Crippen molar-refractivity contribution < 1.29 is 0 Å². The Labute approximate surface area is 119 Å². The summed E-state index contributed by atoms with van der Waals surface area (Å²) in [5.74, 6) is 1.19. The van der Waals surface area contributed by atoms with E-state index >= 15 is 0 Å². The Bertz CT molecular complexity index is 461. The molecule has 19 heavy (non-hydrogen) atoms. The molecule has 1 saturated carbocycles. The van der Waals surface area contributed by atoms with E-state index in [9.17, 15) is 0 Å². The fourth-order valence-corrected chi connectivity index (χ4v) is 4.06. The van der Waals surface area contributed by atoms with Gasteiger partial charge in [-0.2, -0.15) is 0 Å². The van der Waals surface area contributed by atoms with E-state index in [1.807, 2.05) is 30.9 Å². The number of nitrogens with zero attached hydrogens (tertiary/aromatic N) is 2. The lowest BCUT2D eigenvalue weighted by molar-refractivity contribution is 0.303. The van der Waals surface area contributed by atoms with Gasteiger partial charge < -0.3 is 5.32 Å². The number of rotatable bonds is 2. The highest BCUT2D eigenvalue weighted by molar-refractivity contribution is 8.14. The number of hydrogen-bond acceptors (Lipinski definition) is 3. The molecule has 2 heterocycles. The number of nitrogens with one attached hydrogen (secondary N) is 1. The second kappa shape index (κ2) is 5.53. The maximum Gasteiger partial charge on any atom is 0.157 e. The first kappa shape index (κ1) is 13.0. The van der Waals surface area contributed by atoms with Gasteiger partial charge in [0.05, 0.1) is 6.54 Å². The second-order valence-electron chi connectivity index (χ2n) is 5.68. The SMILES string of the molecule is Cc1ccc(CN=C2NC3(CCCCC3)CS2)cn1.